The van der Waals surface area contributed by atoms with Gasteiger partial charge in [0.2, 0.25) is 0 Å². The lowest BCUT2D eigenvalue weighted by Gasteiger charge is -2.12. The van der Waals surface area contributed by atoms with Crippen LogP contribution in [0, 0.1) is 5.92 Å². The minimum atomic E-state index is -4.80. The summed E-state index contributed by atoms with van der Waals surface area (Å²) in [4.78, 5) is 19.2. The third-order valence-corrected chi connectivity index (χ3v) is 3.70. The van der Waals surface area contributed by atoms with Crippen molar-refractivity contribution in [3.05, 3.63) is 51.7 Å². The maximum Gasteiger partial charge on any atom is 0.573 e. The van der Waals surface area contributed by atoms with Gasteiger partial charge in [0.15, 0.2) is 0 Å². The molecular formula is C17H17F3N4O2. The van der Waals surface area contributed by atoms with Crippen molar-refractivity contribution < 1.29 is 17.9 Å². The Morgan fingerprint density at radius 3 is 2.65 bits per heavy atom. The fraction of sp³-hybridized carbons (Fsp3) is 0.353. The first-order valence-corrected chi connectivity index (χ1v) is 8.02. The van der Waals surface area contributed by atoms with Gasteiger partial charge in [-0.25, -0.2) is 4.98 Å². The molecule has 0 spiro atoms. The van der Waals surface area contributed by atoms with Crippen LogP contribution in [-0.4, -0.2) is 26.5 Å². The molecule has 0 radical (unpaired) electrons. The summed E-state index contributed by atoms with van der Waals surface area (Å²) in [6.07, 6.45) is -4.18. The molecule has 0 aliphatic rings. The van der Waals surface area contributed by atoms with Gasteiger partial charge in [0.1, 0.15) is 22.6 Å². The molecule has 0 fully saturated rings. The number of para-hydroxylation sites is 1. The van der Waals surface area contributed by atoms with Crippen LogP contribution < -0.4 is 10.3 Å². The van der Waals surface area contributed by atoms with E-state index in [-0.39, 0.29) is 29.1 Å². The second kappa shape index (κ2) is 6.81. The van der Waals surface area contributed by atoms with Gasteiger partial charge in [-0.2, -0.15) is 5.10 Å². The Labute approximate surface area is 146 Å². The van der Waals surface area contributed by atoms with Crippen molar-refractivity contribution in [1.29, 1.82) is 0 Å². The second-order valence-electron chi connectivity index (χ2n) is 6.34. The van der Waals surface area contributed by atoms with Crippen molar-refractivity contribution in [3.8, 4) is 5.75 Å². The molecule has 138 valence electrons. The number of H-pyrrole nitrogens is 2. The van der Waals surface area contributed by atoms with E-state index in [2.05, 4.69) is 24.9 Å². The molecule has 0 amide bonds. The lowest BCUT2D eigenvalue weighted by Crippen LogP contribution is -2.18. The molecule has 9 heteroatoms. The van der Waals surface area contributed by atoms with Crippen molar-refractivity contribution in [1.82, 2.24) is 20.2 Å². The minimum absolute atomic E-state index is 0.0102. The van der Waals surface area contributed by atoms with Crippen LogP contribution in [0.4, 0.5) is 13.2 Å². The van der Waals surface area contributed by atoms with Crippen molar-refractivity contribution >= 4 is 11.0 Å². The number of fused-ring (bicyclic) bond motifs is 1. The topological polar surface area (TPSA) is 83.7 Å². The van der Waals surface area contributed by atoms with Gasteiger partial charge in [-0.3, -0.25) is 9.89 Å². The third kappa shape index (κ3) is 4.04. The van der Waals surface area contributed by atoms with Crippen molar-refractivity contribution in [3.63, 3.8) is 0 Å². The quantitative estimate of drug-likeness (QED) is 0.725. The van der Waals surface area contributed by atoms with E-state index in [1.165, 1.54) is 18.2 Å². The lowest BCUT2D eigenvalue weighted by atomic mass is 10.1. The Hall–Kier alpha value is -2.84. The summed E-state index contributed by atoms with van der Waals surface area (Å²) in [7, 11) is 0. The molecule has 0 unspecified atom stereocenters. The average Bonchev–Trinajstić information content (AvgIpc) is 2.91. The van der Waals surface area contributed by atoms with E-state index in [4.69, 9.17) is 0 Å². The third-order valence-electron chi connectivity index (χ3n) is 3.70. The molecule has 0 bridgehead atoms. The number of aromatic nitrogens is 4. The number of hydrogen-bond acceptors (Lipinski definition) is 4. The highest BCUT2D eigenvalue weighted by Gasteiger charge is 2.32. The van der Waals surface area contributed by atoms with Gasteiger partial charge in [-0.05, 0) is 18.4 Å². The van der Waals surface area contributed by atoms with Gasteiger partial charge < -0.3 is 9.72 Å². The molecule has 0 aliphatic heterocycles. The van der Waals surface area contributed by atoms with Crippen LogP contribution in [0.15, 0.2) is 29.1 Å². The maximum absolute atomic E-state index is 12.6. The number of ether oxygens (including phenoxy) is 1. The van der Waals surface area contributed by atoms with E-state index in [0.717, 1.165) is 0 Å². The van der Waals surface area contributed by atoms with Gasteiger partial charge in [-0.1, -0.05) is 32.0 Å². The summed E-state index contributed by atoms with van der Waals surface area (Å²) < 4.78 is 41.7. The molecule has 3 rings (SSSR count). The molecular weight excluding hydrogens is 349 g/mol. The highest BCUT2D eigenvalue weighted by Crippen LogP contribution is 2.27. The molecule has 0 saturated heterocycles. The Morgan fingerprint density at radius 1 is 1.23 bits per heavy atom. The monoisotopic (exact) mass is 366 g/mol. The summed E-state index contributed by atoms with van der Waals surface area (Å²) in [6, 6.07) is 5.76. The van der Waals surface area contributed by atoms with Crippen molar-refractivity contribution in [2.24, 2.45) is 5.92 Å². The van der Waals surface area contributed by atoms with Crippen LogP contribution >= 0.6 is 0 Å². The molecule has 0 saturated carbocycles. The van der Waals surface area contributed by atoms with Crippen LogP contribution in [0.25, 0.3) is 11.0 Å². The second-order valence-corrected chi connectivity index (χ2v) is 6.34. The number of hydrogen-bond donors (Lipinski definition) is 2. The Bertz CT molecular complexity index is 976. The van der Waals surface area contributed by atoms with E-state index < -0.39 is 11.9 Å². The molecule has 1 aromatic carbocycles. The van der Waals surface area contributed by atoms with Crippen LogP contribution in [0.5, 0.6) is 5.75 Å². The fourth-order valence-corrected chi connectivity index (χ4v) is 2.68. The summed E-state index contributed by atoms with van der Waals surface area (Å²) in [5, 5.41) is 6.80. The largest absolute Gasteiger partial charge is 0.573 e. The first-order chi connectivity index (χ1) is 12.2. The van der Waals surface area contributed by atoms with Gasteiger partial charge >= 0.3 is 6.36 Å². The number of nitrogens with zero attached hydrogens (tertiary/aromatic N) is 2. The van der Waals surface area contributed by atoms with Crippen molar-refractivity contribution in [2.45, 2.75) is 33.1 Å². The molecule has 0 atom stereocenters. The number of rotatable bonds is 5. The van der Waals surface area contributed by atoms with E-state index in [9.17, 15) is 18.0 Å². The SMILES string of the molecule is CC(C)Cc1n[nH]c2c(=O)[nH]c(Cc3ccccc3OC(F)(F)F)nc12. The van der Waals surface area contributed by atoms with E-state index >= 15 is 0 Å². The maximum atomic E-state index is 12.6. The molecule has 26 heavy (non-hydrogen) atoms. The summed E-state index contributed by atoms with van der Waals surface area (Å²) in [6.45, 7) is 4.03. The number of nitrogens with one attached hydrogen (secondary N) is 2. The number of halogens is 3. The molecule has 2 aromatic heterocycles. The number of benzene rings is 1. The highest BCUT2D eigenvalue weighted by atomic mass is 19.4. The zero-order valence-electron chi connectivity index (χ0n) is 14.1. The van der Waals surface area contributed by atoms with Crippen LogP contribution in [-0.2, 0) is 12.8 Å². The molecule has 6 nitrogen and oxygen atoms in total. The van der Waals surface area contributed by atoms with E-state index in [0.29, 0.717) is 23.5 Å². The minimum Gasteiger partial charge on any atom is -0.405 e. The molecule has 0 aliphatic carbocycles. The first kappa shape index (κ1) is 18.0. The van der Waals surface area contributed by atoms with Gasteiger partial charge in [0.05, 0.1) is 5.69 Å². The Balaban J connectivity index is 1.98. The predicted octanol–water partition coefficient (Wildman–Crippen LogP) is 3.33. The van der Waals surface area contributed by atoms with Crippen molar-refractivity contribution in [2.75, 3.05) is 0 Å². The summed E-state index contributed by atoms with van der Waals surface area (Å²) in [5.74, 6) is 0.233. The predicted molar refractivity (Wildman–Crippen MR) is 89.0 cm³/mol. The normalized spacial score (nSPS) is 12.1. The zero-order valence-corrected chi connectivity index (χ0v) is 14.1. The van der Waals surface area contributed by atoms with E-state index in [1.54, 1.807) is 6.07 Å². The molecule has 2 heterocycles. The van der Waals surface area contributed by atoms with E-state index in [1.807, 2.05) is 13.8 Å². The molecule has 3 aromatic rings. The summed E-state index contributed by atoms with van der Waals surface area (Å²) >= 11 is 0. The van der Waals surface area contributed by atoms with Gasteiger partial charge in [0, 0.05) is 12.0 Å². The number of alkyl halides is 3. The Morgan fingerprint density at radius 2 is 1.96 bits per heavy atom. The number of aromatic amines is 2. The van der Waals surface area contributed by atoms with Crippen LogP contribution in [0.1, 0.15) is 30.9 Å². The zero-order chi connectivity index (χ0) is 18.9. The smallest absolute Gasteiger partial charge is 0.405 e. The molecule has 2 N–H and O–H groups in total. The average molecular weight is 366 g/mol. The highest BCUT2D eigenvalue weighted by molar-refractivity contribution is 5.75. The standard InChI is InChI=1S/C17H17F3N4O2/c1-9(2)7-11-14-15(24-23-11)16(25)22-13(21-14)8-10-5-3-4-6-12(10)26-17(18,19)20/h3-6,9H,7-8H2,1-2H3,(H,23,24)(H,21,22,25). The lowest BCUT2D eigenvalue weighted by molar-refractivity contribution is -0.274. The van der Waals surface area contributed by atoms with Crippen LogP contribution in [0.2, 0.25) is 0 Å². The van der Waals surface area contributed by atoms with Gasteiger partial charge in [-0.15, -0.1) is 13.2 Å². The van der Waals surface area contributed by atoms with Gasteiger partial charge in [0.25, 0.3) is 5.56 Å². The van der Waals surface area contributed by atoms with Crippen LogP contribution in [0.3, 0.4) is 0 Å². The summed E-state index contributed by atoms with van der Waals surface area (Å²) in [5.41, 5.74) is 1.20. The Kier molecular flexibility index (Phi) is 4.71. The first-order valence-electron chi connectivity index (χ1n) is 8.02. The fourth-order valence-electron chi connectivity index (χ4n) is 2.68.